The first-order valence-electron chi connectivity index (χ1n) is 6.97. The summed E-state index contributed by atoms with van der Waals surface area (Å²) in [4.78, 5) is 0. The van der Waals surface area contributed by atoms with E-state index in [2.05, 4.69) is 11.4 Å². The van der Waals surface area contributed by atoms with Crippen LogP contribution >= 0.6 is 23.2 Å². The van der Waals surface area contributed by atoms with E-state index in [1.165, 1.54) is 44.1 Å². The zero-order valence-corrected chi connectivity index (χ0v) is 12.0. The normalized spacial score (nSPS) is 23.8. The summed E-state index contributed by atoms with van der Waals surface area (Å²) in [5.41, 5.74) is 2.44. The Balaban J connectivity index is 1.77. The number of halogens is 2. The zero-order valence-electron chi connectivity index (χ0n) is 10.5. The van der Waals surface area contributed by atoms with Gasteiger partial charge in [-0.05, 0) is 30.0 Å². The molecule has 0 spiro atoms. The molecule has 0 aromatic heterocycles. The van der Waals surface area contributed by atoms with Gasteiger partial charge in [-0.1, -0.05) is 55.3 Å². The molecule has 3 rings (SSSR count). The average molecular weight is 284 g/mol. The van der Waals surface area contributed by atoms with Gasteiger partial charge in [0.1, 0.15) is 0 Å². The van der Waals surface area contributed by atoms with Crippen LogP contribution in [0.5, 0.6) is 0 Å². The Morgan fingerprint density at radius 3 is 2.67 bits per heavy atom. The Bertz CT molecular complexity index is 438. The van der Waals surface area contributed by atoms with Crippen molar-refractivity contribution in [3.8, 4) is 0 Å². The minimum Gasteiger partial charge on any atom is -0.383 e. The maximum absolute atomic E-state index is 6.24. The average Bonchev–Trinajstić information content (AvgIpc) is 2.74. The molecule has 1 aliphatic carbocycles. The molecule has 1 aromatic carbocycles. The molecule has 1 aromatic rings. The third-order valence-electron chi connectivity index (χ3n) is 4.39. The molecule has 1 fully saturated rings. The lowest BCUT2D eigenvalue weighted by molar-refractivity contribution is 0.323. The van der Waals surface area contributed by atoms with Crippen LogP contribution in [0.2, 0.25) is 10.0 Å². The number of fused-ring (bicyclic) bond motifs is 1. The van der Waals surface area contributed by atoms with Crippen LogP contribution in [0.3, 0.4) is 0 Å². The molecule has 3 heteroatoms. The van der Waals surface area contributed by atoms with E-state index in [0.29, 0.717) is 5.92 Å². The molecule has 0 bridgehead atoms. The summed E-state index contributed by atoms with van der Waals surface area (Å²) in [6.45, 7) is 1.02. The first-order valence-corrected chi connectivity index (χ1v) is 7.72. The Labute approximate surface area is 119 Å². The van der Waals surface area contributed by atoms with Crippen LogP contribution < -0.4 is 5.32 Å². The van der Waals surface area contributed by atoms with Crippen LogP contribution in [0.25, 0.3) is 0 Å². The van der Waals surface area contributed by atoms with Gasteiger partial charge < -0.3 is 5.32 Å². The maximum Gasteiger partial charge on any atom is 0.0655 e. The lowest BCUT2D eigenvalue weighted by Crippen LogP contribution is -2.12. The van der Waals surface area contributed by atoms with Crippen LogP contribution in [0, 0.1) is 5.92 Å². The molecule has 1 nitrogen and oxygen atoms in total. The van der Waals surface area contributed by atoms with E-state index in [-0.39, 0.29) is 0 Å². The molecule has 1 unspecified atom stereocenters. The van der Waals surface area contributed by atoms with Crippen molar-refractivity contribution in [2.24, 2.45) is 5.92 Å². The highest BCUT2D eigenvalue weighted by Crippen LogP contribution is 2.43. The minimum absolute atomic E-state index is 0.597. The largest absolute Gasteiger partial charge is 0.383 e. The second kappa shape index (κ2) is 5.30. The van der Waals surface area contributed by atoms with Crippen molar-refractivity contribution >= 4 is 28.9 Å². The SMILES string of the molecule is Clc1cc(Cl)c2c(c1)C(CC1CCCCC1)CN2. The van der Waals surface area contributed by atoms with Gasteiger partial charge in [-0.15, -0.1) is 0 Å². The number of benzene rings is 1. The summed E-state index contributed by atoms with van der Waals surface area (Å²) in [5, 5.41) is 4.97. The third-order valence-corrected chi connectivity index (χ3v) is 4.91. The van der Waals surface area contributed by atoms with E-state index in [0.717, 1.165) is 28.2 Å². The second-order valence-electron chi connectivity index (χ2n) is 5.67. The molecule has 0 amide bonds. The second-order valence-corrected chi connectivity index (χ2v) is 6.51. The molecule has 0 saturated heterocycles. The number of hydrogen-bond acceptors (Lipinski definition) is 1. The molecule has 98 valence electrons. The molecule has 1 N–H and O–H groups in total. The highest BCUT2D eigenvalue weighted by Gasteiger charge is 2.27. The fourth-order valence-corrected chi connectivity index (χ4v) is 4.05. The number of nitrogens with one attached hydrogen (secondary N) is 1. The van der Waals surface area contributed by atoms with E-state index in [1.807, 2.05) is 6.07 Å². The lowest BCUT2D eigenvalue weighted by atomic mass is 9.81. The van der Waals surface area contributed by atoms with E-state index in [4.69, 9.17) is 23.2 Å². The molecule has 1 heterocycles. The van der Waals surface area contributed by atoms with Crippen molar-refractivity contribution in [3.05, 3.63) is 27.7 Å². The molecule has 1 saturated carbocycles. The van der Waals surface area contributed by atoms with Crippen LogP contribution in [-0.4, -0.2) is 6.54 Å². The van der Waals surface area contributed by atoms with Gasteiger partial charge in [0.2, 0.25) is 0 Å². The standard InChI is InChI=1S/C15H19Cl2N/c16-12-7-13-11(6-10-4-2-1-3-5-10)9-18-15(13)14(17)8-12/h7-8,10-11,18H,1-6,9H2. The predicted octanol–water partition coefficient (Wildman–Crippen LogP) is 5.47. The Hall–Kier alpha value is -0.400. The molecule has 2 aliphatic rings. The summed E-state index contributed by atoms with van der Waals surface area (Å²) < 4.78 is 0. The van der Waals surface area contributed by atoms with Gasteiger partial charge in [0.15, 0.2) is 0 Å². The molecular formula is C15H19Cl2N. The molecule has 1 atom stereocenters. The summed E-state index contributed by atoms with van der Waals surface area (Å²) in [5.74, 6) is 1.49. The van der Waals surface area contributed by atoms with Crippen molar-refractivity contribution in [3.63, 3.8) is 0 Å². The lowest BCUT2D eigenvalue weighted by Gasteiger charge is -2.24. The van der Waals surface area contributed by atoms with Gasteiger partial charge in [0, 0.05) is 17.5 Å². The Morgan fingerprint density at radius 1 is 1.11 bits per heavy atom. The van der Waals surface area contributed by atoms with Crippen molar-refractivity contribution in [2.75, 3.05) is 11.9 Å². The Kier molecular flexibility index (Phi) is 3.72. The quantitative estimate of drug-likeness (QED) is 0.759. The van der Waals surface area contributed by atoms with Gasteiger partial charge in [-0.2, -0.15) is 0 Å². The van der Waals surface area contributed by atoms with Crippen molar-refractivity contribution < 1.29 is 0 Å². The van der Waals surface area contributed by atoms with Gasteiger partial charge in [0.05, 0.1) is 10.7 Å². The van der Waals surface area contributed by atoms with E-state index in [9.17, 15) is 0 Å². The molecule has 18 heavy (non-hydrogen) atoms. The first-order chi connectivity index (χ1) is 8.74. The van der Waals surface area contributed by atoms with Gasteiger partial charge >= 0.3 is 0 Å². The van der Waals surface area contributed by atoms with Crippen LogP contribution in [0.4, 0.5) is 5.69 Å². The highest BCUT2D eigenvalue weighted by molar-refractivity contribution is 6.36. The summed E-state index contributed by atoms with van der Waals surface area (Å²) >= 11 is 12.4. The molecule has 0 radical (unpaired) electrons. The molecule has 1 aliphatic heterocycles. The molecular weight excluding hydrogens is 265 g/mol. The number of rotatable bonds is 2. The Morgan fingerprint density at radius 2 is 1.89 bits per heavy atom. The van der Waals surface area contributed by atoms with Gasteiger partial charge in [0.25, 0.3) is 0 Å². The first kappa shape index (κ1) is 12.6. The van der Waals surface area contributed by atoms with E-state index >= 15 is 0 Å². The fourth-order valence-electron chi connectivity index (χ4n) is 3.47. The highest BCUT2D eigenvalue weighted by atomic mass is 35.5. The maximum atomic E-state index is 6.24. The number of anilines is 1. The van der Waals surface area contributed by atoms with Crippen molar-refractivity contribution in [1.29, 1.82) is 0 Å². The number of hydrogen-bond donors (Lipinski definition) is 1. The van der Waals surface area contributed by atoms with Crippen molar-refractivity contribution in [1.82, 2.24) is 0 Å². The summed E-state index contributed by atoms with van der Waals surface area (Å²) in [6, 6.07) is 3.92. The van der Waals surface area contributed by atoms with Crippen LogP contribution in [0.15, 0.2) is 12.1 Å². The summed E-state index contributed by atoms with van der Waals surface area (Å²) in [7, 11) is 0. The van der Waals surface area contributed by atoms with Gasteiger partial charge in [-0.3, -0.25) is 0 Å². The van der Waals surface area contributed by atoms with Crippen LogP contribution in [-0.2, 0) is 0 Å². The van der Waals surface area contributed by atoms with E-state index < -0.39 is 0 Å². The minimum atomic E-state index is 0.597. The van der Waals surface area contributed by atoms with Crippen LogP contribution in [0.1, 0.15) is 50.0 Å². The monoisotopic (exact) mass is 283 g/mol. The summed E-state index contributed by atoms with van der Waals surface area (Å²) in [6.07, 6.45) is 8.34. The smallest absolute Gasteiger partial charge is 0.0655 e. The third kappa shape index (κ3) is 2.48. The fraction of sp³-hybridized carbons (Fsp3) is 0.600. The predicted molar refractivity (Wildman–Crippen MR) is 78.9 cm³/mol. The topological polar surface area (TPSA) is 12.0 Å². The zero-order chi connectivity index (χ0) is 12.5. The van der Waals surface area contributed by atoms with Crippen molar-refractivity contribution in [2.45, 2.75) is 44.4 Å². The van der Waals surface area contributed by atoms with E-state index in [1.54, 1.807) is 0 Å². The van der Waals surface area contributed by atoms with Gasteiger partial charge in [-0.25, -0.2) is 0 Å².